The van der Waals surface area contributed by atoms with E-state index in [4.69, 9.17) is 9.47 Å². The standard InChI is InChI=1S/C16H14O3/c1-2-18-16(17)15-11-7-3-5-9-13(11)19-14-10-6-4-8-12(14)15/h3-10,13H,2H2,1H3. The molecule has 0 fully saturated rings. The molecule has 0 aromatic heterocycles. The molecule has 3 nitrogen and oxygen atoms in total. The maximum Gasteiger partial charge on any atom is 0.339 e. The van der Waals surface area contributed by atoms with Crippen molar-refractivity contribution < 1.29 is 14.3 Å². The van der Waals surface area contributed by atoms with Gasteiger partial charge in [-0.15, -0.1) is 0 Å². The molecule has 1 aliphatic carbocycles. The number of para-hydroxylation sites is 1. The van der Waals surface area contributed by atoms with Crippen LogP contribution in [0.1, 0.15) is 12.5 Å². The van der Waals surface area contributed by atoms with E-state index < -0.39 is 0 Å². The van der Waals surface area contributed by atoms with E-state index in [0.29, 0.717) is 12.2 Å². The summed E-state index contributed by atoms with van der Waals surface area (Å²) in [4.78, 5) is 12.2. The van der Waals surface area contributed by atoms with Crippen LogP contribution in [0.3, 0.4) is 0 Å². The lowest BCUT2D eigenvalue weighted by molar-refractivity contribution is -0.136. The largest absolute Gasteiger partial charge is 0.481 e. The van der Waals surface area contributed by atoms with E-state index in [1.807, 2.05) is 55.5 Å². The molecule has 96 valence electrons. The van der Waals surface area contributed by atoms with Crippen LogP contribution in [0.5, 0.6) is 5.75 Å². The third-order valence-corrected chi connectivity index (χ3v) is 3.16. The van der Waals surface area contributed by atoms with Crippen molar-refractivity contribution in [3.63, 3.8) is 0 Å². The van der Waals surface area contributed by atoms with E-state index >= 15 is 0 Å². The average molecular weight is 254 g/mol. The molecule has 1 unspecified atom stereocenters. The van der Waals surface area contributed by atoms with E-state index in [1.54, 1.807) is 0 Å². The fraction of sp³-hybridized carbons (Fsp3) is 0.188. The Labute approximate surface area is 111 Å². The fourth-order valence-electron chi connectivity index (χ4n) is 2.35. The van der Waals surface area contributed by atoms with Gasteiger partial charge in [0.1, 0.15) is 11.9 Å². The molecule has 3 rings (SSSR count). The topological polar surface area (TPSA) is 35.5 Å². The number of hydrogen-bond donors (Lipinski definition) is 0. The smallest absolute Gasteiger partial charge is 0.339 e. The van der Waals surface area contributed by atoms with Gasteiger partial charge in [0.15, 0.2) is 0 Å². The number of rotatable bonds is 2. The lowest BCUT2D eigenvalue weighted by Gasteiger charge is -2.28. The van der Waals surface area contributed by atoms with E-state index in [2.05, 4.69) is 0 Å². The monoisotopic (exact) mass is 254 g/mol. The molecule has 0 spiro atoms. The van der Waals surface area contributed by atoms with Gasteiger partial charge in [-0.2, -0.15) is 0 Å². The Bertz CT molecular complexity index is 608. The van der Waals surface area contributed by atoms with Crippen LogP contribution < -0.4 is 4.74 Å². The minimum atomic E-state index is -0.293. The Morgan fingerprint density at radius 1 is 1.32 bits per heavy atom. The zero-order valence-electron chi connectivity index (χ0n) is 10.6. The number of esters is 1. The first-order valence-electron chi connectivity index (χ1n) is 6.33. The summed E-state index contributed by atoms with van der Waals surface area (Å²) >= 11 is 0. The summed E-state index contributed by atoms with van der Waals surface area (Å²) in [5.74, 6) is 0.428. The van der Waals surface area contributed by atoms with Crippen molar-refractivity contribution in [2.75, 3.05) is 6.61 Å². The van der Waals surface area contributed by atoms with Gasteiger partial charge in [0.2, 0.25) is 0 Å². The van der Waals surface area contributed by atoms with E-state index in [9.17, 15) is 4.79 Å². The second-order valence-corrected chi connectivity index (χ2v) is 4.33. The molecule has 1 heterocycles. The zero-order chi connectivity index (χ0) is 13.2. The number of allylic oxidation sites excluding steroid dienone is 2. The molecule has 3 heteroatoms. The van der Waals surface area contributed by atoms with Crippen LogP contribution in [0.25, 0.3) is 5.57 Å². The van der Waals surface area contributed by atoms with E-state index in [0.717, 1.165) is 16.9 Å². The number of carbonyl (C=O) groups excluding carboxylic acids is 1. The quantitative estimate of drug-likeness (QED) is 0.761. The summed E-state index contributed by atoms with van der Waals surface area (Å²) in [6.07, 6.45) is 7.46. The Morgan fingerprint density at radius 2 is 2.16 bits per heavy atom. The maximum atomic E-state index is 12.2. The van der Waals surface area contributed by atoms with Crippen molar-refractivity contribution in [3.05, 3.63) is 59.7 Å². The second kappa shape index (κ2) is 4.76. The molecule has 1 aromatic rings. The minimum absolute atomic E-state index is 0.209. The Kier molecular flexibility index (Phi) is 2.95. The zero-order valence-corrected chi connectivity index (χ0v) is 10.6. The Morgan fingerprint density at radius 3 is 3.00 bits per heavy atom. The van der Waals surface area contributed by atoms with Crippen molar-refractivity contribution in [1.82, 2.24) is 0 Å². The first-order chi connectivity index (χ1) is 9.31. The molecule has 1 atom stereocenters. The van der Waals surface area contributed by atoms with Gasteiger partial charge >= 0.3 is 5.97 Å². The van der Waals surface area contributed by atoms with Gasteiger partial charge < -0.3 is 9.47 Å². The summed E-state index contributed by atoms with van der Waals surface area (Å²) in [6.45, 7) is 2.17. The predicted octanol–water partition coefficient (Wildman–Crippen LogP) is 2.89. The van der Waals surface area contributed by atoms with Crippen molar-refractivity contribution in [3.8, 4) is 5.75 Å². The normalized spacial score (nSPS) is 19.5. The van der Waals surface area contributed by atoms with Gasteiger partial charge in [-0.05, 0) is 19.1 Å². The first kappa shape index (κ1) is 11.8. The highest BCUT2D eigenvalue weighted by Crippen LogP contribution is 2.38. The third-order valence-electron chi connectivity index (χ3n) is 3.16. The SMILES string of the molecule is CCOC(=O)C1=C2C=CC=CC2Oc2ccccc21. The van der Waals surface area contributed by atoms with Crippen LogP contribution in [0, 0.1) is 0 Å². The van der Waals surface area contributed by atoms with Gasteiger partial charge in [-0.1, -0.05) is 36.4 Å². The molecule has 0 bridgehead atoms. The number of hydrogen-bond acceptors (Lipinski definition) is 3. The number of carbonyl (C=O) groups is 1. The molecule has 19 heavy (non-hydrogen) atoms. The molecular weight excluding hydrogens is 240 g/mol. The lowest BCUT2D eigenvalue weighted by atomic mass is 9.90. The van der Waals surface area contributed by atoms with Crippen molar-refractivity contribution in [1.29, 1.82) is 0 Å². The van der Waals surface area contributed by atoms with E-state index in [1.165, 1.54) is 0 Å². The van der Waals surface area contributed by atoms with Gasteiger partial charge in [0.25, 0.3) is 0 Å². The molecule has 0 N–H and O–H groups in total. The lowest BCUT2D eigenvalue weighted by Crippen LogP contribution is -2.26. The Balaban J connectivity index is 2.17. The predicted molar refractivity (Wildman–Crippen MR) is 72.7 cm³/mol. The van der Waals surface area contributed by atoms with Crippen LogP contribution >= 0.6 is 0 Å². The number of ether oxygens (including phenoxy) is 2. The minimum Gasteiger partial charge on any atom is -0.481 e. The van der Waals surface area contributed by atoms with Crippen LogP contribution in [-0.2, 0) is 9.53 Å². The molecule has 0 radical (unpaired) electrons. The van der Waals surface area contributed by atoms with Gasteiger partial charge in [-0.3, -0.25) is 0 Å². The number of benzene rings is 1. The third kappa shape index (κ3) is 1.97. The molecular formula is C16H14O3. The summed E-state index contributed by atoms with van der Waals surface area (Å²) < 4.78 is 11.1. The van der Waals surface area contributed by atoms with E-state index in [-0.39, 0.29) is 12.1 Å². The summed E-state index contributed by atoms with van der Waals surface area (Å²) in [5.41, 5.74) is 2.26. The highest BCUT2D eigenvalue weighted by Gasteiger charge is 2.30. The molecule has 0 amide bonds. The molecule has 2 aliphatic rings. The summed E-state index contributed by atoms with van der Waals surface area (Å²) in [5, 5.41) is 0. The van der Waals surface area contributed by atoms with Gasteiger partial charge in [0.05, 0.1) is 12.2 Å². The van der Waals surface area contributed by atoms with Crippen LogP contribution in [0.15, 0.2) is 54.1 Å². The second-order valence-electron chi connectivity index (χ2n) is 4.33. The first-order valence-corrected chi connectivity index (χ1v) is 6.33. The highest BCUT2D eigenvalue weighted by molar-refractivity contribution is 6.19. The van der Waals surface area contributed by atoms with Crippen LogP contribution in [-0.4, -0.2) is 18.7 Å². The van der Waals surface area contributed by atoms with Crippen LogP contribution in [0.2, 0.25) is 0 Å². The average Bonchev–Trinajstić information content (AvgIpc) is 2.44. The molecule has 1 aromatic carbocycles. The summed E-state index contributed by atoms with van der Waals surface area (Å²) in [7, 11) is 0. The van der Waals surface area contributed by atoms with Gasteiger partial charge in [-0.25, -0.2) is 4.79 Å². The van der Waals surface area contributed by atoms with Gasteiger partial charge in [0, 0.05) is 11.1 Å². The van der Waals surface area contributed by atoms with Crippen molar-refractivity contribution in [2.45, 2.75) is 13.0 Å². The molecule has 0 saturated carbocycles. The number of fused-ring (bicyclic) bond motifs is 2. The van der Waals surface area contributed by atoms with Crippen molar-refractivity contribution >= 4 is 11.5 Å². The molecule has 1 aliphatic heterocycles. The summed E-state index contributed by atoms with van der Waals surface area (Å²) in [6, 6.07) is 7.55. The van der Waals surface area contributed by atoms with Crippen molar-refractivity contribution in [2.24, 2.45) is 0 Å². The maximum absolute atomic E-state index is 12.2. The van der Waals surface area contributed by atoms with Crippen LogP contribution in [0.4, 0.5) is 0 Å². The Hall–Kier alpha value is -2.29. The fourth-order valence-corrected chi connectivity index (χ4v) is 2.35. The molecule has 0 saturated heterocycles. The highest BCUT2D eigenvalue weighted by atomic mass is 16.5.